The van der Waals surface area contributed by atoms with E-state index in [-0.39, 0.29) is 24.0 Å². The molecule has 0 aromatic heterocycles. The molecule has 0 saturated carbocycles. The quantitative estimate of drug-likeness (QED) is 0.754. The molecule has 0 amide bonds. The van der Waals surface area contributed by atoms with Crippen LogP contribution < -0.4 is 0 Å². The summed E-state index contributed by atoms with van der Waals surface area (Å²) in [7, 11) is -3.85. The molecule has 0 aromatic carbocycles. The fourth-order valence-corrected chi connectivity index (χ4v) is 1.60. The van der Waals surface area contributed by atoms with Crippen molar-refractivity contribution < 1.29 is 16.8 Å². The predicted octanol–water partition coefficient (Wildman–Crippen LogP) is 2.36. The lowest BCUT2D eigenvalue weighted by atomic mass is 9.99. The van der Waals surface area contributed by atoms with E-state index < -0.39 is 10.4 Å². The summed E-state index contributed by atoms with van der Waals surface area (Å²) < 4.78 is 32.0. The molecule has 0 aliphatic rings. The van der Waals surface area contributed by atoms with E-state index in [1.165, 1.54) is 0 Å². The van der Waals surface area contributed by atoms with Crippen LogP contribution in [0.15, 0.2) is 0 Å². The van der Waals surface area contributed by atoms with Gasteiger partial charge >= 0.3 is 10.4 Å². The summed E-state index contributed by atoms with van der Waals surface area (Å²) in [6, 6.07) is 0. The van der Waals surface area contributed by atoms with Gasteiger partial charge < -0.3 is 0 Å². The molecule has 0 rings (SSSR count). The van der Waals surface area contributed by atoms with Crippen molar-refractivity contribution in [3.63, 3.8) is 0 Å². The second-order valence-electron chi connectivity index (χ2n) is 6.05. The van der Waals surface area contributed by atoms with Gasteiger partial charge in [0.2, 0.25) is 0 Å². The Hall–Kier alpha value is -0.130. The molecule has 4 nitrogen and oxygen atoms in total. The summed E-state index contributed by atoms with van der Waals surface area (Å²) >= 11 is 0. The largest absolute Gasteiger partial charge is 0.399 e. The molecule has 92 valence electrons. The molecule has 5 heteroatoms. The third kappa shape index (κ3) is 10.2. The lowest BCUT2D eigenvalue weighted by Gasteiger charge is -2.20. The van der Waals surface area contributed by atoms with Crippen LogP contribution in [0.2, 0.25) is 0 Å². The molecular formula is C10H22O4S. The minimum atomic E-state index is -3.85. The maximum atomic E-state index is 11.3. The van der Waals surface area contributed by atoms with Crippen LogP contribution in [0, 0.1) is 10.8 Å². The van der Waals surface area contributed by atoms with Gasteiger partial charge in [0, 0.05) is 0 Å². The van der Waals surface area contributed by atoms with Crippen LogP contribution in [0.3, 0.4) is 0 Å². The molecule has 0 fully saturated rings. The average molecular weight is 238 g/mol. The van der Waals surface area contributed by atoms with Gasteiger partial charge in [-0.1, -0.05) is 41.5 Å². The molecule has 0 atom stereocenters. The van der Waals surface area contributed by atoms with Crippen LogP contribution in [0.5, 0.6) is 0 Å². The molecule has 0 saturated heterocycles. The molecule has 0 unspecified atom stereocenters. The summed E-state index contributed by atoms with van der Waals surface area (Å²) in [4.78, 5) is 0. The van der Waals surface area contributed by atoms with Gasteiger partial charge in [-0.15, -0.1) is 0 Å². The zero-order chi connectivity index (χ0) is 12.3. The van der Waals surface area contributed by atoms with Crippen molar-refractivity contribution in [3.8, 4) is 0 Å². The first-order valence-electron chi connectivity index (χ1n) is 4.95. The standard InChI is InChI=1S/C10H22O4S/c1-9(2,3)7-13-15(11,12)14-8-10(4,5)6/h7-8H2,1-6H3. The SMILES string of the molecule is CC(C)(C)COS(=O)(=O)OCC(C)(C)C. The molecule has 0 aliphatic heterocycles. The van der Waals surface area contributed by atoms with Crippen LogP contribution >= 0.6 is 0 Å². The van der Waals surface area contributed by atoms with E-state index in [1.54, 1.807) is 0 Å². The van der Waals surface area contributed by atoms with Crippen LogP contribution in [0.1, 0.15) is 41.5 Å². The van der Waals surface area contributed by atoms with E-state index in [0.717, 1.165) is 0 Å². The van der Waals surface area contributed by atoms with Crippen molar-refractivity contribution in [2.75, 3.05) is 13.2 Å². The fraction of sp³-hybridized carbons (Fsp3) is 1.00. The van der Waals surface area contributed by atoms with Gasteiger partial charge in [0.1, 0.15) is 0 Å². The maximum absolute atomic E-state index is 11.3. The smallest absolute Gasteiger partial charge is 0.248 e. The van der Waals surface area contributed by atoms with Crippen molar-refractivity contribution in [2.45, 2.75) is 41.5 Å². The van der Waals surface area contributed by atoms with Crippen molar-refractivity contribution in [3.05, 3.63) is 0 Å². The molecule has 0 aromatic rings. The maximum Gasteiger partial charge on any atom is 0.399 e. The second kappa shape index (κ2) is 4.80. The Kier molecular flexibility index (Phi) is 4.76. The van der Waals surface area contributed by atoms with Gasteiger partial charge in [-0.05, 0) is 10.8 Å². The Morgan fingerprint density at radius 1 is 0.800 bits per heavy atom. The van der Waals surface area contributed by atoms with Crippen molar-refractivity contribution >= 4 is 10.4 Å². The van der Waals surface area contributed by atoms with Crippen molar-refractivity contribution in [1.29, 1.82) is 0 Å². The Balaban J connectivity index is 4.11. The molecule has 15 heavy (non-hydrogen) atoms. The van der Waals surface area contributed by atoms with Gasteiger partial charge in [0.05, 0.1) is 13.2 Å². The first-order valence-corrected chi connectivity index (χ1v) is 6.28. The van der Waals surface area contributed by atoms with Gasteiger partial charge in [-0.3, -0.25) is 0 Å². The highest BCUT2D eigenvalue weighted by molar-refractivity contribution is 7.81. The second-order valence-corrected chi connectivity index (χ2v) is 7.34. The summed E-state index contributed by atoms with van der Waals surface area (Å²) in [6.45, 7) is 11.6. The third-order valence-electron chi connectivity index (χ3n) is 1.27. The Bertz CT molecular complexity index is 256. The fourth-order valence-electron chi connectivity index (χ4n) is 0.532. The normalized spacial score (nSPS) is 14.3. The number of hydrogen-bond donors (Lipinski definition) is 0. The Labute approximate surface area is 93.3 Å². The monoisotopic (exact) mass is 238 g/mol. The molecule has 0 N–H and O–H groups in total. The molecule has 0 bridgehead atoms. The van der Waals surface area contributed by atoms with E-state index in [1.807, 2.05) is 41.5 Å². The zero-order valence-electron chi connectivity index (χ0n) is 10.5. The van der Waals surface area contributed by atoms with Gasteiger partial charge in [-0.2, -0.15) is 8.42 Å². The van der Waals surface area contributed by atoms with E-state index >= 15 is 0 Å². The number of rotatable bonds is 4. The van der Waals surface area contributed by atoms with E-state index in [4.69, 9.17) is 8.37 Å². The summed E-state index contributed by atoms with van der Waals surface area (Å²) in [5.41, 5.74) is -0.393. The van der Waals surface area contributed by atoms with Crippen LogP contribution in [0.25, 0.3) is 0 Å². The van der Waals surface area contributed by atoms with E-state index in [9.17, 15) is 8.42 Å². The van der Waals surface area contributed by atoms with Crippen LogP contribution in [-0.4, -0.2) is 21.6 Å². The summed E-state index contributed by atoms with van der Waals surface area (Å²) in [5.74, 6) is 0. The lowest BCUT2D eigenvalue weighted by Crippen LogP contribution is -2.23. The summed E-state index contributed by atoms with van der Waals surface area (Å²) in [6.07, 6.45) is 0. The highest BCUT2D eigenvalue weighted by Crippen LogP contribution is 2.18. The zero-order valence-corrected chi connectivity index (χ0v) is 11.3. The topological polar surface area (TPSA) is 52.6 Å². The minimum absolute atomic E-state index is 0.124. The molecule has 0 radical (unpaired) electrons. The van der Waals surface area contributed by atoms with E-state index in [2.05, 4.69) is 0 Å². The lowest BCUT2D eigenvalue weighted by molar-refractivity contribution is 0.132. The van der Waals surface area contributed by atoms with Gasteiger partial charge in [0.15, 0.2) is 0 Å². The Morgan fingerprint density at radius 2 is 1.07 bits per heavy atom. The molecule has 0 heterocycles. The highest BCUT2D eigenvalue weighted by Gasteiger charge is 2.21. The minimum Gasteiger partial charge on any atom is -0.248 e. The molecule has 0 aliphatic carbocycles. The first-order chi connectivity index (χ1) is 6.41. The van der Waals surface area contributed by atoms with E-state index in [0.29, 0.717) is 0 Å². The first kappa shape index (κ1) is 14.9. The molecule has 0 spiro atoms. The van der Waals surface area contributed by atoms with Crippen LogP contribution in [0.4, 0.5) is 0 Å². The van der Waals surface area contributed by atoms with Crippen molar-refractivity contribution in [2.24, 2.45) is 10.8 Å². The van der Waals surface area contributed by atoms with Crippen molar-refractivity contribution in [1.82, 2.24) is 0 Å². The van der Waals surface area contributed by atoms with Gasteiger partial charge in [-0.25, -0.2) is 8.37 Å². The number of hydrogen-bond acceptors (Lipinski definition) is 4. The van der Waals surface area contributed by atoms with Gasteiger partial charge in [0.25, 0.3) is 0 Å². The highest BCUT2D eigenvalue weighted by atomic mass is 32.3. The Morgan fingerprint density at radius 3 is 1.27 bits per heavy atom. The predicted molar refractivity (Wildman–Crippen MR) is 59.7 cm³/mol. The average Bonchev–Trinajstić information content (AvgIpc) is 1.96. The molecular weight excluding hydrogens is 216 g/mol. The third-order valence-corrected chi connectivity index (χ3v) is 2.09. The summed E-state index contributed by atoms with van der Waals surface area (Å²) in [5, 5.41) is 0. The van der Waals surface area contributed by atoms with Crippen LogP contribution in [-0.2, 0) is 18.8 Å².